The van der Waals surface area contributed by atoms with E-state index in [0.717, 1.165) is 0 Å². The lowest BCUT2D eigenvalue weighted by atomic mass is 10.1. The zero-order chi connectivity index (χ0) is 26.8. The number of hydrogen-bond donors (Lipinski definition) is 0. The Morgan fingerprint density at radius 2 is 1.03 bits per heavy atom. The van der Waals surface area contributed by atoms with Gasteiger partial charge in [-0.3, -0.25) is 4.90 Å². The maximum Gasteiger partial charge on any atom is 0.0965 e. The third kappa shape index (κ3) is 12.7. The lowest BCUT2D eigenvalue weighted by molar-refractivity contribution is -0.928. The zero-order valence-corrected chi connectivity index (χ0v) is 28.9. The van der Waals surface area contributed by atoms with Gasteiger partial charge in [-0.15, -0.1) is 0 Å². The number of nitrogens with zero attached hydrogens (tertiary/aromatic N) is 4. The smallest absolute Gasteiger partial charge is 0.0965 e. The van der Waals surface area contributed by atoms with Crippen LogP contribution in [0.25, 0.3) is 0 Å². The molecular formula is C32H54I2N4. The molecule has 0 aromatic heterocycles. The average Bonchev–Trinajstić information content (AvgIpc) is 2.96. The summed E-state index contributed by atoms with van der Waals surface area (Å²) in [6, 6.07) is 21.6. The molecule has 2 saturated heterocycles. The number of rotatable bonds is 9. The molecule has 2 aromatic rings. The predicted molar refractivity (Wildman–Crippen MR) is 174 cm³/mol. The van der Waals surface area contributed by atoms with E-state index in [0.29, 0.717) is 0 Å². The molecule has 38 heavy (non-hydrogen) atoms. The molecule has 2 aliphatic heterocycles. The Labute approximate surface area is 265 Å². The lowest BCUT2D eigenvalue weighted by Crippen LogP contribution is -3.00. The molecule has 2 aromatic carbocycles. The van der Waals surface area contributed by atoms with Crippen LogP contribution in [0, 0.1) is 0 Å². The van der Waals surface area contributed by atoms with Gasteiger partial charge in [-0.2, -0.15) is 0 Å². The van der Waals surface area contributed by atoms with Crippen molar-refractivity contribution in [3.8, 4) is 0 Å². The summed E-state index contributed by atoms with van der Waals surface area (Å²) < 4.78 is 2.63. The van der Waals surface area contributed by atoms with Crippen molar-refractivity contribution in [2.45, 2.75) is 53.4 Å². The first kappa shape index (κ1) is 35.4. The molecule has 4 rings (SSSR count). The largest absolute Gasteiger partial charge is 1.00 e. The summed E-state index contributed by atoms with van der Waals surface area (Å²) in [4.78, 5) is 7.58. The van der Waals surface area contributed by atoms with Crippen molar-refractivity contribution in [3.63, 3.8) is 0 Å². The number of benzene rings is 2. The standard InChI is InChI=1S/C16H27N2.C13H20N2.C3H7I.HI/c1-3-12-18(13-4-2)14-10-17(11-15-18)16-8-6-5-7-9-16;1-2-8-14-9-11-15(12-10-14)13-6-4-3-5-7-13;1-2-3-4;/h5-9H,3-4,10-15H2,1-2H3;3-7H,2,8-12H2,1H3;2-3H2,1H3;1H/q+1;;;/p-1. The van der Waals surface area contributed by atoms with E-state index in [-0.39, 0.29) is 24.0 Å². The number of quaternary nitrogens is 1. The minimum absolute atomic E-state index is 0. The molecule has 0 N–H and O–H groups in total. The van der Waals surface area contributed by atoms with E-state index in [9.17, 15) is 0 Å². The molecule has 2 aliphatic rings. The van der Waals surface area contributed by atoms with Crippen LogP contribution in [0.5, 0.6) is 0 Å². The van der Waals surface area contributed by atoms with Gasteiger partial charge in [0.05, 0.1) is 39.3 Å². The lowest BCUT2D eigenvalue weighted by Gasteiger charge is -2.45. The van der Waals surface area contributed by atoms with Crippen LogP contribution in [-0.2, 0) is 0 Å². The second-order valence-corrected chi connectivity index (χ2v) is 11.5. The van der Waals surface area contributed by atoms with E-state index >= 15 is 0 Å². The van der Waals surface area contributed by atoms with Crippen molar-refractivity contribution in [2.24, 2.45) is 0 Å². The number of anilines is 2. The summed E-state index contributed by atoms with van der Waals surface area (Å²) in [5, 5.41) is 0. The summed E-state index contributed by atoms with van der Waals surface area (Å²) in [6.45, 7) is 22.9. The van der Waals surface area contributed by atoms with Crippen molar-refractivity contribution < 1.29 is 28.5 Å². The molecule has 4 nitrogen and oxygen atoms in total. The first-order valence-corrected chi connectivity index (χ1v) is 16.4. The van der Waals surface area contributed by atoms with Crippen molar-refractivity contribution in [3.05, 3.63) is 60.7 Å². The van der Waals surface area contributed by atoms with Crippen LogP contribution in [0.1, 0.15) is 53.4 Å². The van der Waals surface area contributed by atoms with Crippen LogP contribution in [0.2, 0.25) is 0 Å². The molecule has 0 aliphatic carbocycles. The first-order chi connectivity index (χ1) is 18.1. The van der Waals surface area contributed by atoms with Crippen molar-refractivity contribution in [2.75, 3.05) is 86.2 Å². The summed E-state index contributed by atoms with van der Waals surface area (Å²) in [5.41, 5.74) is 2.76. The van der Waals surface area contributed by atoms with Gasteiger partial charge in [-0.25, -0.2) is 0 Å². The van der Waals surface area contributed by atoms with Crippen LogP contribution >= 0.6 is 22.6 Å². The van der Waals surface area contributed by atoms with Gasteiger partial charge in [-0.1, -0.05) is 86.7 Å². The average molecular weight is 749 g/mol. The molecule has 0 spiro atoms. The second-order valence-electron chi connectivity index (χ2n) is 10.4. The molecule has 216 valence electrons. The summed E-state index contributed by atoms with van der Waals surface area (Å²) >= 11 is 2.35. The molecule has 6 heteroatoms. The fourth-order valence-corrected chi connectivity index (χ4v) is 5.48. The molecule has 0 atom stereocenters. The number of piperazine rings is 2. The van der Waals surface area contributed by atoms with Gasteiger partial charge in [0.2, 0.25) is 0 Å². The number of hydrogen-bond acceptors (Lipinski definition) is 3. The predicted octanol–water partition coefficient (Wildman–Crippen LogP) is 4.20. The van der Waals surface area contributed by atoms with E-state index in [1.807, 2.05) is 0 Å². The number of para-hydroxylation sites is 2. The van der Waals surface area contributed by atoms with Gasteiger partial charge in [0.15, 0.2) is 0 Å². The van der Waals surface area contributed by atoms with E-state index in [2.05, 4.69) is 126 Å². The molecular weight excluding hydrogens is 694 g/mol. The first-order valence-electron chi connectivity index (χ1n) is 14.8. The maximum absolute atomic E-state index is 2.56. The Morgan fingerprint density at radius 3 is 1.39 bits per heavy atom. The third-order valence-corrected chi connectivity index (χ3v) is 8.51. The van der Waals surface area contributed by atoms with E-state index in [1.165, 1.54) is 118 Å². The summed E-state index contributed by atoms with van der Waals surface area (Å²) in [5.74, 6) is 0. The molecule has 0 saturated carbocycles. The highest BCUT2D eigenvalue weighted by atomic mass is 127. The van der Waals surface area contributed by atoms with E-state index < -0.39 is 0 Å². The van der Waals surface area contributed by atoms with Gasteiger partial charge in [0.1, 0.15) is 0 Å². The summed E-state index contributed by atoms with van der Waals surface area (Å²) in [6.07, 6.45) is 5.20. The van der Waals surface area contributed by atoms with Crippen LogP contribution in [0.3, 0.4) is 0 Å². The number of alkyl halides is 1. The maximum atomic E-state index is 2.56. The Balaban J connectivity index is 0.000000329. The normalized spacial score (nSPS) is 16.9. The van der Waals surface area contributed by atoms with Gasteiger partial charge in [0, 0.05) is 37.6 Å². The van der Waals surface area contributed by atoms with Crippen LogP contribution in [0.4, 0.5) is 11.4 Å². The Hall–Kier alpha value is -0.580. The Bertz CT molecular complexity index is 780. The van der Waals surface area contributed by atoms with E-state index in [1.54, 1.807) is 0 Å². The summed E-state index contributed by atoms with van der Waals surface area (Å²) in [7, 11) is 0. The highest BCUT2D eigenvalue weighted by Crippen LogP contribution is 2.21. The minimum Gasteiger partial charge on any atom is -1.00 e. The monoisotopic (exact) mass is 748 g/mol. The van der Waals surface area contributed by atoms with Gasteiger partial charge in [0.25, 0.3) is 0 Å². The Kier molecular flexibility index (Phi) is 19.8. The quantitative estimate of drug-likeness (QED) is 0.217. The molecule has 2 heterocycles. The molecule has 0 unspecified atom stereocenters. The molecule has 0 amide bonds. The second kappa shape index (κ2) is 21.2. The van der Waals surface area contributed by atoms with Crippen molar-refractivity contribution in [1.29, 1.82) is 0 Å². The Morgan fingerprint density at radius 1 is 0.605 bits per heavy atom. The van der Waals surface area contributed by atoms with Gasteiger partial charge in [-0.05, 0) is 60.9 Å². The third-order valence-electron chi connectivity index (χ3n) is 7.43. The van der Waals surface area contributed by atoms with Crippen LogP contribution in [0.15, 0.2) is 60.7 Å². The molecule has 0 radical (unpaired) electrons. The topological polar surface area (TPSA) is 9.72 Å². The molecule has 2 fully saturated rings. The van der Waals surface area contributed by atoms with Crippen LogP contribution < -0.4 is 33.8 Å². The molecule has 0 bridgehead atoms. The highest BCUT2D eigenvalue weighted by molar-refractivity contribution is 14.1. The number of halogens is 2. The fourth-order valence-electron chi connectivity index (χ4n) is 5.48. The zero-order valence-electron chi connectivity index (χ0n) is 24.6. The SMILES string of the molecule is CCCI.CCCN1CCN(c2ccccc2)CC1.CCC[N+]1(CCC)CCN(c2ccccc2)CC1.[I-]. The van der Waals surface area contributed by atoms with E-state index in [4.69, 9.17) is 0 Å². The van der Waals surface area contributed by atoms with Gasteiger partial charge >= 0.3 is 0 Å². The van der Waals surface area contributed by atoms with Gasteiger partial charge < -0.3 is 38.3 Å². The van der Waals surface area contributed by atoms with Crippen molar-refractivity contribution in [1.82, 2.24) is 4.90 Å². The highest BCUT2D eigenvalue weighted by Gasteiger charge is 2.31. The fraction of sp³-hybridized carbons (Fsp3) is 0.625. The van der Waals surface area contributed by atoms with Crippen LogP contribution in [-0.4, -0.2) is 85.8 Å². The minimum atomic E-state index is 0. The van der Waals surface area contributed by atoms with Crippen molar-refractivity contribution >= 4 is 34.0 Å².